The minimum Gasteiger partial charge on any atom is -0.461 e. The molecule has 1 saturated heterocycles. The van der Waals surface area contributed by atoms with Crippen molar-refractivity contribution in [2.45, 2.75) is 58.3 Å². The molecule has 1 aliphatic rings. The van der Waals surface area contributed by atoms with Crippen LogP contribution in [0.15, 0.2) is 25.2 Å². The number of esters is 1. The fraction of sp³-hybridized carbons (Fsp3) is 0.684. The van der Waals surface area contributed by atoms with Gasteiger partial charge in [0.15, 0.2) is 0 Å². The van der Waals surface area contributed by atoms with Gasteiger partial charge in [-0.15, -0.1) is 0 Å². The molecule has 1 unspecified atom stereocenters. The second-order valence-corrected chi connectivity index (χ2v) is 12.5. The lowest BCUT2D eigenvalue weighted by Crippen LogP contribution is -2.46. The van der Waals surface area contributed by atoms with Gasteiger partial charge in [0.25, 0.3) is 0 Å². The van der Waals surface area contributed by atoms with Crippen LogP contribution >= 0.6 is 0 Å². The first kappa shape index (κ1) is 20.9. The molecule has 1 aliphatic heterocycles. The molecule has 0 N–H and O–H groups in total. The van der Waals surface area contributed by atoms with E-state index in [0.717, 1.165) is 25.8 Å². The number of aryl methyl sites for hydroxylation is 1. The Morgan fingerprint density at radius 1 is 1.50 bits per heavy atom. The average Bonchev–Trinajstić information content (AvgIpc) is 3.13. The number of aromatic nitrogens is 2. The van der Waals surface area contributed by atoms with Gasteiger partial charge in [0.2, 0.25) is 8.32 Å². The monoisotopic (exact) mass is 379 g/mol. The van der Waals surface area contributed by atoms with Gasteiger partial charge in [-0.25, -0.2) is 4.98 Å². The predicted octanol–water partition coefficient (Wildman–Crippen LogP) is 3.32. The summed E-state index contributed by atoms with van der Waals surface area (Å²) >= 11 is 0. The normalized spacial score (nSPS) is 18.9. The highest BCUT2D eigenvalue weighted by atomic mass is 28.4. The van der Waals surface area contributed by atoms with E-state index < -0.39 is 13.7 Å². The first-order valence-electron chi connectivity index (χ1n) is 9.34. The first-order chi connectivity index (χ1) is 12.1. The number of hydrogen-bond acceptors (Lipinski definition) is 5. The lowest BCUT2D eigenvalue weighted by molar-refractivity contribution is -0.152. The van der Waals surface area contributed by atoms with Crippen LogP contribution in [0.25, 0.3) is 0 Å². The molecule has 0 radical (unpaired) electrons. The second kappa shape index (κ2) is 8.50. The van der Waals surface area contributed by atoms with Crippen LogP contribution in [0, 0.1) is 5.41 Å². The van der Waals surface area contributed by atoms with E-state index in [9.17, 15) is 4.79 Å². The maximum atomic E-state index is 12.3. The minimum absolute atomic E-state index is 0.186. The third-order valence-electron chi connectivity index (χ3n) is 4.80. The number of carbonyl (C=O) groups is 1. The minimum atomic E-state index is -2.09. The van der Waals surface area contributed by atoms with Gasteiger partial charge in [0.05, 0.1) is 11.7 Å². The first-order valence-corrected chi connectivity index (χ1v) is 12.5. The summed E-state index contributed by atoms with van der Waals surface area (Å²) in [5, 5.41) is 2.16. The third kappa shape index (κ3) is 5.53. The van der Waals surface area contributed by atoms with Crippen LogP contribution in [-0.4, -0.2) is 48.1 Å². The molecule has 0 aliphatic carbocycles. The molecular weight excluding hydrogens is 346 g/mol. The van der Waals surface area contributed by atoms with E-state index in [2.05, 4.69) is 34.3 Å². The largest absolute Gasteiger partial charge is 0.461 e. The molecule has 146 valence electrons. The van der Waals surface area contributed by atoms with Crippen molar-refractivity contribution in [1.82, 2.24) is 14.6 Å². The van der Waals surface area contributed by atoms with Crippen molar-refractivity contribution in [3.63, 3.8) is 0 Å². The van der Waals surface area contributed by atoms with Crippen molar-refractivity contribution >= 4 is 14.3 Å². The standard InChI is InChI=1S/C19H33N3O3Si/c1-7-11-24-18(23)19(2,3)14-26(5,6)25-22-10-8-9-16(22)12-17-13-20-15-21(17)4/h7,13,15-16H,1,8-12,14H2,2-6H3. The molecular formula is C19H33N3O3Si. The molecule has 1 aromatic heterocycles. The summed E-state index contributed by atoms with van der Waals surface area (Å²) < 4.78 is 13.8. The molecule has 7 heteroatoms. The summed E-state index contributed by atoms with van der Waals surface area (Å²) in [6, 6.07) is 1.08. The Balaban J connectivity index is 1.97. The molecule has 0 aromatic carbocycles. The lowest BCUT2D eigenvalue weighted by atomic mass is 9.97. The van der Waals surface area contributed by atoms with Crippen molar-refractivity contribution in [1.29, 1.82) is 0 Å². The van der Waals surface area contributed by atoms with Gasteiger partial charge in [-0.1, -0.05) is 12.7 Å². The molecule has 2 heterocycles. The van der Waals surface area contributed by atoms with E-state index in [0.29, 0.717) is 12.1 Å². The van der Waals surface area contributed by atoms with Crippen LogP contribution in [0.3, 0.4) is 0 Å². The highest BCUT2D eigenvalue weighted by Gasteiger charge is 2.41. The van der Waals surface area contributed by atoms with Gasteiger partial charge in [0, 0.05) is 37.9 Å². The molecule has 0 amide bonds. The number of hydroxylamine groups is 2. The van der Waals surface area contributed by atoms with Gasteiger partial charge < -0.3 is 13.8 Å². The van der Waals surface area contributed by atoms with Crippen molar-refractivity contribution < 1.29 is 14.1 Å². The number of hydrogen-bond donors (Lipinski definition) is 0. The van der Waals surface area contributed by atoms with Gasteiger partial charge in [0.1, 0.15) is 6.61 Å². The maximum Gasteiger partial charge on any atom is 0.311 e. The van der Waals surface area contributed by atoms with Crippen molar-refractivity contribution in [2.75, 3.05) is 13.2 Å². The fourth-order valence-corrected chi connectivity index (χ4v) is 6.98. The van der Waals surface area contributed by atoms with Crippen molar-refractivity contribution in [3.8, 4) is 0 Å². The Kier molecular flexibility index (Phi) is 6.82. The number of carbonyl (C=O) groups excluding carboxylic acids is 1. The lowest BCUT2D eigenvalue weighted by Gasteiger charge is -2.36. The highest BCUT2D eigenvalue weighted by Crippen LogP contribution is 2.33. The summed E-state index contributed by atoms with van der Waals surface area (Å²) in [5.74, 6) is -0.186. The smallest absolute Gasteiger partial charge is 0.311 e. The second-order valence-electron chi connectivity index (χ2n) is 8.44. The van der Waals surface area contributed by atoms with Crippen LogP contribution in [0.5, 0.6) is 0 Å². The average molecular weight is 380 g/mol. The molecule has 26 heavy (non-hydrogen) atoms. The Hall–Kier alpha value is -1.44. The number of rotatable bonds is 9. The van der Waals surface area contributed by atoms with E-state index >= 15 is 0 Å². The SMILES string of the molecule is C=CCOC(=O)C(C)(C)C[Si](C)(C)ON1CCCC1Cc1cncn1C. The van der Waals surface area contributed by atoms with Crippen LogP contribution in [0.1, 0.15) is 32.4 Å². The molecule has 6 nitrogen and oxygen atoms in total. The van der Waals surface area contributed by atoms with E-state index in [4.69, 9.17) is 9.26 Å². The Morgan fingerprint density at radius 3 is 2.85 bits per heavy atom. The Morgan fingerprint density at radius 2 is 2.23 bits per heavy atom. The summed E-state index contributed by atoms with van der Waals surface area (Å²) in [6.07, 6.45) is 8.56. The zero-order valence-electron chi connectivity index (χ0n) is 16.8. The number of imidazole rings is 1. The molecule has 0 spiro atoms. The van der Waals surface area contributed by atoms with Crippen molar-refractivity contribution in [2.24, 2.45) is 12.5 Å². The van der Waals surface area contributed by atoms with E-state index in [1.54, 1.807) is 6.08 Å². The fourth-order valence-electron chi connectivity index (χ4n) is 3.77. The molecule has 0 bridgehead atoms. The molecule has 2 rings (SSSR count). The summed E-state index contributed by atoms with van der Waals surface area (Å²) in [4.78, 5) is 16.5. The van der Waals surface area contributed by atoms with Crippen LogP contribution < -0.4 is 0 Å². The summed E-state index contributed by atoms with van der Waals surface area (Å²) in [6.45, 7) is 13.0. The number of nitrogens with zero attached hydrogens (tertiary/aromatic N) is 3. The zero-order chi connectivity index (χ0) is 19.4. The van der Waals surface area contributed by atoms with Gasteiger partial charge in [-0.2, -0.15) is 5.06 Å². The topological polar surface area (TPSA) is 56.6 Å². The van der Waals surface area contributed by atoms with E-state index in [-0.39, 0.29) is 12.6 Å². The zero-order valence-corrected chi connectivity index (χ0v) is 17.8. The molecule has 1 fully saturated rings. The third-order valence-corrected chi connectivity index (χ3v) is 7.27. The molecule has 1 atom stereocenters. The van der Waals surface area contributed by atoms with Gasteiger partial charge in [-0.3, -0.25) is 4.79 Å². The highest BCUT2D eigenvalue weighted by molar-refractivity contribution is 6.71. The summed E-state index contributed by atoms with van der Waals surface area (Å²) in [5.41, 5.74) is 0.661. The quantitative estimate of drug-likeness (QED) is 0.374. The number of ether oxygens (including phenoxy) is 1. The Bertz CT molecular complexity index is 627. The van der Waals surface area contributed by atoms with Crippen LogP contribution in [-0.2, 0) is 27.5 Å². The Labute approximate surface area is 158 Å². The summed E-state index contributed by atoms with van der Waals surface area (Å²) in [7, 11) is -0.0591. The maximum absolute atomic E-state index is 12.3. The van der Waals surface area contributed by atoms with Crippen LogP contribution in [0.4, 0.5) is 0 Å². The van der Waals surface area contributed by atoms with Gasteiger partial charge in [-0.05, 0) is 45.8 Å². The molecule has 0 saturated carbocycles. The predicted molar refractivity (Wildman–Crippen MR) is 105 cm³/mol. The van der Waals surface area contributed by atoms with Gasteiger partial charge >= 0.3 is 5.97 Å². The molecule has 1 aromatic rings. The van der Waals surface area contributed by atoms with Crippen molar-refractivity contribution in [3.05, 3.63) is 30.9 Å². The van der Waals surface area contributed by atoms with E-state index in [1.807, 2.05) is 33.4 Å². The van der Waals surface area contributed by atoms with E-state index in [1.165, 1.54) is 5.69 Å². The van der Waals surface area contributed by atoms with Crippen LogP contribution in [0.2, 0.25) is 19.1 Å².